The number of pyridine rings is 1. The van der Waals surface area contributed by atoms with Gasteiger partial charge in [0, 0.05) is 29.2 Å². The second-order valence-electron chi connectivity index (χ2n) is 3.61. The van der Waals surface area contributed by atoms with Gasteiger partial charge in [0.2, 0.25) is 0 Å². The third kappa shape index (κ3) is 1.89. The summed E-state index contributed by atoms with van der Waals surface area (Å²) < 4.78 is 0. The van der Waals surface area contributed by atoms with Gasteiger partial charge in [-0.3, -0.25) is 10.1 Å². The molecule has 0 aliphatic carbocycles. The summed E-state index contributed by atoms with van der Waals surface area (Å²) in [7, 11) is 0. The summed E-state index contributed by atoms with van der Waals surface area (Å²) >= 11 is 0. The highest BCUT2D eigenvalue weighted by molar-refractivity contribution is 5.29. The average molecular weight is 203 g/mol. The quantitative estimate of drug-likeness (QED) is 0.777. The Labute approximate surface area is 88.0 Å². The van der Waals surface area contributed by atoms with E-state index in [1.807, 2.05) is 19.9 Å². The maximum atomic E-state index is 10.00. The largest absolute Gasteiger partial charge is 0.383 e. The first kappa shape index (κ1) is 9.86. The number of nitrogens with zero attached hydrogens (tertiary/aromatic N) is 2. The second kappa shape index (κ2) is 3.82. The number of H-pyrrole nitrogens is 1. The van der Waals surface area contributed by atoms with Crippen molar-refractivity contribution in [1.82, 2.24) is 15.2 Å². The van der Waals surface area contributed by atoms with E-state index in [1.54, 1.807) is 18.6 Å². The van der Waals surface area contributed by atoms with Gasteiger partial charge in [0.15, 0.2) is 0 Å². The van der Waals surface area contributed by atoms with E-state index in [1.165, 1.54) is 0 Å². The van der Waals surface area contributed by atoms with Crippen molar-refractivity contribution in [2.24, 2.45) is 0 Å². The molecule has 2 aromatic rings. The summed E-state index contributed by atoms with van der Waals surface area (Å²) in [5, 5.41) is 16.5. The molecule has 0 aliphatic heterocycles. The zero-order valence-corrected chi connectivity index (χ0v) is 8.73. The van der Waals surface area contributed by atoms with E-state index in [-0.39, 0.29) is 0 Å². The number of hydrogen-bond donors (Lipinski definition) is 2. The molecule has 4 heteroatoms. The van der Waals surface area contributed by atoms with Crippen LogP contribution >= 0.6 is 0 Å². The monoisotopic (exact) mass is 203 g/mol. The Balaban J connectivity index is 2.34. The van der Waals surface area contributed by atoms with Crippen molar-refractivity contribution < 1.29 is 5.11 Å². The number of nitrogens with one attached hydrogen (secondary N) is 1. The zero-order chi connectivity index (χ0) is 10.8. The van der Waals surface area contributed by atoms with E-state index in [4.69, 9.17) is 0 Å². The van der Waals surface area contributed by atoms with Crippen LogP contribution in [0.4, 0.5) is 0 Å². The van der Waals surface area contributed by atoms with Crippen LogP contribution in [-0.4, -0.2) is 20.3 Å². The lowest BCUT2D eigenvalue weighted by molar-refractivity contribution is 0.220. The molecule has 78 valence electrons. The van der Waals surface area contributed by atoms with Crippen molar-refractivity contribution in [2.75, 3.05) is 0 Å². The Kier molecular flexibility index (Phi) is 2.51. The Bertz CT molecular complexity index is 451. The average Bonchev–Trinajstić information content (AvgIpc) is 2.74. The van der Waals surface area contributed by atoms with Crippen LogP contribution in [0.2, 0.25) is 0 Å². The van der Waals surface area contributed by atoms with Gasteiger partial charge < -0.3 is 5.11 Å². The van der Waals surface area contributed by atoms with Crippen molar-refractivity contribution in [2.45, 2.75) is 20.0 Å². The van der Waals surface area contributed by atoms with E-state index in [0.717, 1.165) is 22.4 Å². The minimum Gasteiger partial charge on any atom is -0.383 e. The van der Waals surface area contributed by atoms with E-state index in [9.17, 15) is 5.11 Å². The Morgan fingerprint density at radius 1 is 1.27 bits per heavy atom. The molecule has 2 aromatic heterocycles. The van der Waals surface area contributed by atoms with Gasteiger partial charge in [-0.15, -0.1) is 0 Å². The molecular formula is C11H13N3O. The predicted molar refractivity (Wildman–Crippen MR) is 56.4 cm³/mol. The fourth-order valence-electron chi connectivity index (χ4n) is 1.42. The van der Waals surface area contributed by atoms with Crippen LogP contribution < -0.4 is 0 Å². The molecule has 1 unspecified atom stereocenters. The smallest absolute Gasteiger partial charge is 0.109 e. The normalized spacial score (nSPS) is 12.7. The minimum absolute atomic E-state index is 0.657. The first-order chi connectivity index (χ1) is 7.18. The third-order valence-corrected chi connectivity index (χ3v) is 2.51. The molecule has 0 amide bonds. The van der Waals surface area contributed by atoms with Crippen LogP contribution in [0.15, 0.2) is 24.7 Å². The van der Waals surface area contributed by atoms with Gasteiger partial charge in [-0.25, -0.2) is 0 Å². The molecule has 0 saturated carbocycles. The molecule has 2 rings (SSSR count). The van der Waals surface area contributed by atoms with Gasteiger partial charge in [0.1, 0.15) is 6.10 Å². The minimum atomic E-state index is -0.657. The molecule has 0 saturated heterocycles. The molecule has 2 N–H and O–H groups in total. The molecule has 0 spiro atoms. The Hall–Kier alpha value is -1.68. The lowest BCUT2D eigenvalue weighted by Gasteiger charge is -2.09. The molecule has 0 bridgehead atoms. The Morgan fingerprint density at radius 3 is 2.67 bits per heavy atom. The number of aliphatic hydroxyl groups excluding tert-OH is 1. The molecule has 0 fully saturated rings. The van der Waals surface area contributed by atoms with E-state index < -0.39 is 6.10 Å². The molecule has 15 heavy (non-hydrogen) atoms. The number of aliphatic hydroxyl groups is 1. The van der Waals surface area contributed by atoms with Gasteiger partial charge in [-0.2, -0.15) is 5.10 Å². The number of aryl methyl sites for hydroxylation is 2. The van der Waals surface area contributed by atoms with Crippen molar-refractivity contribution in [3.63, 3.8) is 0 Å². The summed E-state index contributed by atoms with van der Waals surface area (Å²) in [5.74, 6) is 0. The van der Waals surface area contributed by atoms with Crippen LogP contribution in [0.3, 0.4) is 0 Å². The first-order valence-electron chi connectivity index (χ1n) is 4.78. The molecule has 1 atom stereocenters. The van der Waals surface area contributed by atoms with Crippen LogP contribution in [0.5, 0.6) is 0 Å². The maximum Gasteiger partial charge on any atom is 0.109 e. The highest BCUT2D eigenvalue weighted by Gasteiger charge is 2.12. The molecule has 0 aliphatic rings. The number of hydrogen-bond acceptors (Lipinski definition) is 3. The predicted octanol–water partition coefficient (Wildman–Crippen LogP) is 1.50. The van der Waals surface area contributed by atoms with Crippen LogP contribution in [0.1, 0.15) is 28.5 Å². The van der Waals surface area contributed by atoms with Gasteiger partial charge in [0.05, 0.1) is 6.20 Å². The molecule has 4 nitrogen and oxygen atoms in total. The zero-order valence-electron chi connectivity index (χ0n) is 8.73. The SMILES string of the molecule is Cc1cc(C(O)c2cn[nH]c2)cnc1C. The number of aromatic nitrogens is 3. The van der Waals surface area contributed by atoms with Crippen molar-refractivity contribution in [3.8, 4) is 0 Å². The van der Waals surface area contributed by atoms with Crippen LogP contribution in [-0.2, 0) is 0 Å². The highest BCUT2D eigenvalue weighted by Crippen LogP contribution is 2.21. The maximum absolute atomic E-state index is 10.00. The van der Waals surface area contributed by atoms with Crippen molar-refractivity contribution >= 4 is 0 Å². The highest BCUT2D eigenvalue weighted by atomic mass is 16.3. The lowest BCUT2D eigenvalue weighted by atomic mass is 10.0. The van der Waals surface area contributed by atoms with Crippen molar-refractivity contribution in [3.05, 3.63) is 47.0 Å². The van der Waals surface area contributed by atoms with Crippen LogP contribution in [0, 0.1) is 13.8 Å². The lowest BCUT2D eigenvalue weighted by Crippen LogP contribution is -2.00. The summed E-state index contributed by atoms with van der Waals surface area (Å²) in [6.07, 6.45) is 4.33. The van der Waals surface area contributed by atoms with Gasteiger partial charge in [-0.05, 0) is 25.5 Å². The van der Waals surface area contributed by atoms with Crippen LogP contribution in [0.25, 0.3) is 0 Å². The van der Waals surface area contributed by atoms with E-state index in [0.29, 0.717) is 0 Å². The molecule has 0 aromatic carbocycles. The fraction of sp³-hybridized carbons (Fsp3) is 0.273. The third-order valence-electron chi connectivity index (χ3n) is 2.51. The summed E-state index contributed by atoms with van der Waals surface area (Å²) in [6, 6.07) is 1.94. The van der Waals surface area contributed by atoms with Gasteiger partial charge in [-0.1, -0.05) is 0 Å². The van der Waals surface area contributed by atoms with Gasteiger partial charge in [0.25, 0.3) is 0 Å². The van der Waals surface area contributed by atoms with E-state index >= 15 is 0 Å². The topological polar surface area (TPSA) is 61.8 Å². The summed E-state index contributed by atoms with van der Waals surface area (Å²) in [5.41, 5.74) is 3.60. The summed E-state index contributed by atoms with van der Waals surface area (Å²) in [4.78, 5) is 4.22. The Morgan fingerprint density at radius 2 is 2.07 bits per heavy atom. The second-order valence-corrected chi connectivity index (χ2v) is 3.61. The summed E-state index contributed by atoms with van der Waals surface area (Å²) in [6.45, 7) is 3.93. The molecule has 2 heterocycles. The molecule has 0 radical (unpaired) electrons. The van der Waals surface area contributed by atoms with Gasteiger partial charge >= 0.3 is 0 Å². The molecular weight excluding hydrogens is 190 g/mol. The first-order valence-corrected chi connectivity index (χ1v) is 4.78. The number of aromatic amines is 1. The van der Waals surface area contributed by atoms with E-state index in [2.05, 4.69) is 15.2 Å². The van der Waals surface area contributed by atoms with Crippen molar-refractivity contribution in [1.29, 1.82) is 0 Å². The number of rotatable bonds is 2. The standard InChI is InChI=1S/C11H13N3O/c1-7-3-9(4-12-8(7)2)11(15)10-5-13-14-6-10/h3-6,11,15H,1-2H3,(H,13,14). The fourth-order valence-corrected chi connectivity index (χ4v) is 1.42.